The molecule has 0 unspecified atom stereocenters. The summed E-state index contributed by atoms with van der Waals surface area (Å²) in [6.45, 7) is 10.9. The molecule has 14 nitrogen and oxygen atoms in total. The summed E-state index contributed by atoms with van der Waals surface area (Å²) < 4.78 is 47.4. The normalized spacial score (nSPS) is 18.0. The summed E-state index contributed by atoms with van der Waals surface area (Å²) >= 11 is 12.3. The number of amides is 3. The lowest BCUT2D eigenvalue weighted by Gasteiger charge is -2.32. The quantitative estimate of drug-likeness (QED) is 0.0993. The standard InChI is InChI=1S/C40H43Cl2FN7O7P/c1-37(2,3)56-58(54,57-38(4,5)6)55-23-29(33(51)48-40(15-16-40)31-10-8-9-17-45-31)47-34(52)30-22-46-36-49(26-18-27(41)32(43)28(42)19-26)35(53)39(7,50(30)36)20-24-11-13-25(21-44)14-12-24/h8-14,17-19,22,29H,15-16,20,23H2,1-7H3,(H,47,52)(H,48,51)/t29-,39+/m0/s1. The third-order valence-electron chi connectivity index (χ3n) is 9.25. The Morgan fingerprint density at radius 1 is 1.02 bits per heavy atom. The topological polar surface area (TPSA) is 178 Å². The number of pyridine rings is 1. The molecule has 306 valence electrons. The second-order valence-corrected chi connectivity index (χ2v) is 18.7. The van der Waals surface area contributed by atoms with Crippen molar-refractivity contribution < 1.29 is 36.9 Å². The first-order valence-corrected chi connectivity index (χ1v) is 20.6. The van der Waals surface area contributed by atoms with Crippen molar-refractivity contribution in [2.24, 2.45) is 0 Å². The van der Waals surface area contributed by atoms with Gasteiger partial charge in [-0.3, -0.25) is 37.5 Å². The van der Waals surface area contributed by atoms with E-state index in [4.69, 9.17) is 36.8 Å². The van der Waals surface area contributed by atoms with Crippen LogP contribution < -0.4 is 15.5 Å². The summed E-state index contributed by atoms with van der Waals surface area (Å²) in [5.41, 5.74) is -2.72. The van der Waals surface area contributed by atoms with Gasteiger partial charge in [0.05, 0.1) is 62.6 Å². The van der Waals surface area contributed by atoms with E-state index in [1.54, 1.807) is 97.1 Å². The number of carbonyl (C=O) groups is 3. The molecule has 2 aromatic heterocycles. The number of rotatable bonds is 13. The monoisotopic (exact) mass is 853 g/mol. The van der Waals surface area contributed by atoms with Crippen LogP contribution in [0.1, 0.15) is 88.6 Å². The van der Waals surface area contributed by atoms with E-state index >= 15 is 0 Å². The molecule has 0 bridgehead atoms. The van der Waals surface area contributed by atoms with Crippen LogP contribution in [-0.2, 0) is 45.2 Å². The second kappa shape index (κ2) is 15.8. The molecule has 2 atom stereocenters. The SMILES string of the molecule is CC(C)(C)OP(=O)(OC[C@H](NC(=O)c1cnc2n1[C@](C)(Cc1ccc(C#N)cc1)C(=O)N2c1cc(Cl)c(F)c(Cl)c1)C(=O)NC1(c2ccccn2)CC1)OC(C)(C)C. The van der Waals surface area contributed by atoms with Gasteiger partial charge in [-0.05, 0) is 103 Å². The van der Waals surface area contributed by atoms with Crippen molar-refractivity contribution in [3.05, 3.63) is 105 Å². The number of hydrogen-bond acceptors (Lipinski definition) is 10. The molecular weight excluding hydrogens is 811 g/mol. The van der Waals surface area contributed by atoms with E-state index in [9.17, 15) is 28.6 Å². The van der Waals surface area contributed by atoms with Gasteiger partial charge in [0.1, 0.15) is 17.3 Å². The number of phosphoric ester groups is 1. The molecular formula is C40H43Cl2FN7O7P. The van der Waals surface area contributed by atoms with Crippen molar-refractivity contribution in [3.8, 4) is 6.07 Å². The molecule has 58 heavy (non-hydrogen) atoms. The number of anilines is 2. The van der Waals surface area contributed by atoms with Crippen LogP contribution >= 0.6 is 31.0 Å². The summed E-state index contributed by atoms with van der Waals surface area (Å²) in [5.74, 6) is -2.98. The minimum atomic E-state index is -4.38. The van der Waals surface area contributed by atoms with Crippen LogP contribution in [0.2, 0.25) is 10.0 Å². The third kappa shape index (κ3) is 9.13. The number of halogens is 3. The van der Waals surface area contributed by atoms with Crippen molar-refractivity contribution in [2.45, 2.75) is 96.1 Å². The summed E-state index contributed by atoms with van der Waals surface area (Å²) in [6, 6.07) is 14.9. The highest BCUT2D eigenvalue weighted by Gasteiger charge is 2.52. The van der Waals surface area contributed by atoms with Gasteiger partial charge in [0.25, 0.3) is 11.8 Å². The Kier molecular flexibility index (Phi) is 11.7. The van der Waals surface area contributed by atoms with Crippen molar-refractivity contribution in [1.82, 2.24) is 25.2 Å². The molecule has 3 amide bonds. The minimum absolute atomic E-state index is 0.0113. The largest absolute Gasteiger partial charge is 0.475 e. The van der Waals surface area contributed by atoms with Gasteiger partial charge in [-0.15, -0.1) is 0 Å². The van der Waals surface area contributed by atoms with Gasteiger partial charge in [0, 0.05) is 12.6 Å². The molecule has 1 aliphatic heterocycles. The first-order chi connectivity index (χ1) is 27.1. The summed E-state index contributed by atoms with van der Waals surface area (Å²) in [5, 5.41) is 14.4. The number of carbonyl (C=O) groups excluding carboxylic acids is 3. The van der Waals surface area contributed by atoms with Crippen molar-refractivity contribution >= 4 is 60.4 Å². The molecule has 2 aliphatic rings. The Bertz CT molecular complexity index is 2290. The average Bonchev–Trinajstić information content (AvgIpc) is 3.72. The van der Waals surface area contributed by atoms with E-state index < -0.39 is 66.3 Å². The summed E-state index contributed by atoms with van der Waals surface area (Å²) in [4.78, 5) is 53.4. The van der Waals surface area contributed by atoms with Crippen LogP contribution in [0.25, 0.3) is 0 Å². The molecule has 1 fully saturated rings. The zero-order valence-electron chi connectivity index (χ0n) is 32.9. The maximum atomic E-state index is 14.6. The molecule has 0 saturated heterocycles. The van der Waals surface area contributed by atoms with Crippen LogP contribution in [0.4, 0.5) is 16.0 Å². The fourth-order valence-corrected chi connectivity index (χ4v) is 8.88. The van der Waals surface area contributed by atoms with E-state index in [1.807, 2.05) is 0 Å². The highest BCUT2D eigenvalue weighted by atomic mass is 35.5. The lowest BCUT2D eigenvalue weighted by atomic mass is 9.91. The number of phosphoric acid groups is 1. The lowest BCUT2D eigenvalue weighted by molar-refractivity contribution is -0.125. The first kappa shape index (κ1) is 42.9. The summed E-state index contributed by atoms with van der Waals surface area (Å²) in [7, 11) is -4.38. The predicted molar refractivity (Wildman–Crippen MR) is 214 cm³/mol. The third-order valence-corrected chi connectivity index (χ3v) is 11.8. The minimum Gasteiger partial charge on any atom is -0.343 e. The lowest BCUT2D eigenvalue weighted by Crippen LogP contribution is -2.52. The number of nitrogens with one attached hydrogen (secondary N) is 2. The fraction of sp³-hybridized carbons (Fsp3) is 0.400. The Labute approximate surface area is 345 Å². The zero-order chi connectivity index (χ0) is 42.4. The van der Waals surface area contributed by atoms with Crippen LogP contribution in [0.5, 0.6) is 0 Å². The van der Waals surface area contributed by atoms with Gasteiger partial charge < -0.3 is 10.6 Å². The van der Waals surface area contributed by atoms with E-state index in [-0.39, 0.29) is 33.8 Å². The van der Waals surface area contributed by atoms with Crippen molar-refractivity contribution in [1.29, 1.82) is 5.26 Å². The molecule has 0 radical (unpaired) electrons. The Morgan fingerprint density at radius 2 is 1.64 bits per heavy atom. The molecule has 1 aliphatic carbocycles. The highest BCUT2D eigenvalue weighted by Crippen LogP contribution is 2.55. The first-order valence-electron chi connectivity index (χ1n) is 18.3. The number of fused-ring (bicyclic) bond motifs is 1. The smallest absolute Gasteiger partial charge is 0.343 e. The van der Waals surface area contributed by atoms with Gasteiger partial charge in [-0.1, -0.05) is 41.4 Å². The van der Waals surface area contributed by atoms with E-state index in [1.165, 1.54) is 27.8 Å². The van der Waals surface area contributed by atoms with Gasteiger partial charge >= 0.3 is 7.82 Å². The molecule has 2 N–H and O–H groups in total. The molecule has 4 aromatic rings. The average molecular weight is 855 g/mol. The molecule has 2 aromatic carbocycles. The predicted octanol–water partition coefficient (Wildman–Crippen LogP) is 7.89. The second-order valence-electron chi connectivity index (χ2n) is 16.4. The molecule has 18 heteroatoms. The number of hydrogen-bond donors (Lipinski definition) is 2. The molecule has 6 rings (SSSR count). The van der Waals surface area contributed by atoms with E-state index in [2.05, 4.69) is 26.7 Å². The number of nitrogens with zero attached hydrogens (tertiary/aromatic N) is 5. The van der Waals surface area contributed by atoms with Crippen molar-refractivity contribution in [3.63, 3.8) is 0 Å². The molecule has 0 spiro atoms. The summed E-state index contributed by atoms with van der Waals surface area (Å²) in [6.07, 6.45) is 4.01. The number of imidazole rings is 1. The van der Waals surface area contributed by atoms with Crippen molar-refractivity contribution in [2.75, 3.05) is 11.5 Å². The Morgan fingerprint density at radius 3 is 2.17 bits per heavy atom. The fourth-order valence-electron chi connectivity index (χ4n) is 6.59. The van der Waals surface area contributed by atoms with Crippen LogP contribution in [0, 0.1) is 17.1 Å². The van der Waals surface area contributed by atoms with Gasteiger partial charge in [-0.25, -0.2) is 18.8 Å². The van der Waals surface area contributed by atoms with Crippen LogP contribution in [-0.4, -0.2) is 56.1 Å². The zero-order valence-corrected chi connectivity index (χ0v) is 35.3. The van der Waals surface area contributed by atoms with Crippen LogP contribution in [0.3, 0.4) is 0 Å². The highest BCUT2D eigenvalue weighted by molar-refractivity contribution is 7.48. The maximum absolute atomic E-state index is 14.6. The van der Waals surface area contributed by atoms with Gasteiger partial charge in [0.2, 0.25) is 11.9 Å². The Balaban J connectivity index is 1.39. The van der Waals surface area contributed by atoms with Gasteiger partial charge in [0.15, 0.2) is 5.82 Å². The van der Waals surface area contributed by atoms with E-state index in [0.717, 1.165) is 0 Å². The molecule has 1 saturated carbocycles. The van der Waals surface area contributed by atoms with Crippen LogP contribution in [0.15, 0.2) is 67.0 Å². The number of nitriles is 1. The number of benzene rings is 2. The maximum Gasteiger partial charge on any atom is 0.475 e. The number of aromatic nitrogens is 3. The Hall–Kier alpha value is -4.68. The molecule has 3 heterocycles. The van der Waals surface area contributed by atoms with E-state index in [0.29, 0.717) is 29.7 Å². The van der Waals surface area contributed by atoms with Gasteiger partial charge in [-0.2, -0.15) is 5.26 Å².